The Balaban J connectivity index is 2.63. The van der Waals surface area contributed by atoms with Gasteiger partial charge in [0.2, 0.25) is 0 Å². The normalized spacial score (nSPS) is 9.94. The van der Waals surface area contributed by atoms with Crippen molar-refractivity contribution in [1.29, 1.82) is 0 Å². The van der Waals surface area contributed by atoms with Crippen LogP contribution in [0, 0.1) is 6.92 Å². The van der Waals surface area contributed by atoms with Crippen molar-refractivity contribution in [2.75, 3.05) is 6.54 Å². The fraction of sp³-hybridized carbons (Fsp3) is 0.333. The van der Waals surface area contributed by atoms with E-state index in [9.17, 15) is 9.59 Å². The summed E-state index contributed by atoms with van der Waals surface area (Å²) in [5.41, 5.74) is 7.25. The van der Waals surface area contributed by atoms with Crippen molar-refractivity contribution in [2.24, 2.45) is 5.73 Å². The molecule has 0 bridgehead atoms. The summed E-state index contributed by atoms with van der Waals surface area (Å²) in [7, 11) is 0. The van der Waals surface area contributed by atoms with Gasteiger partial charge in [0.15, 0.2) is 0 Å². The molecule has 0 heterocycles. The molecule has 5 heteroatoms. The van der Waals surface area contributed by atoms with Crippen LogP contribution in [0.4, 0.5) is 4.79 Å². The Labute approximate surface area is 99.8 Å². The summed E-state index contributed by atoms with van der Waals surface area (Å²) in [4.78, 5) is 22.9. The van der Waals surface area contributed by atoms with Gasteiger partial charge in [-0.05, 0) is 12.5 Å². The number of amides is 2. The van der Waals surface area contributed by atoms with Crippen LogP contribution in [0.15, 0.2) is 24.3 Å². The van der Waals surface area contributed by atoms with Gasteiger partial charge >= 0.3 is 12.0 Å². The van der Waals surface area contributed by atoms with Crippen molar-refractivity contribution < 1.29 is 14.7 Å². The van der Waals surface area contributed by atoms with Crippen LogP contribution in [0.25, 0.3) is 0 Å². The molecule has 0 atom stereocenters. The fourth-order valence-electron chi connectivity index (χ4n) is 1.41. The van der Waals surface area contributed by atoms with Gasteiger partial charge in [-0.3, -0.25) is 4.79 Å². The Bertz CT molecular complexity index is 401. The van der Waals surface area contributed by atoms with Crippen molar-refractivity contribution in [3.8, 4) is 0 Å². The predicted octanol–water partition coefficient (Wildman–Crippen LogP) is 1.35. The summed E-state index contributed by atoms with van der Waals surface area (Å²) in [6, 6.07) is 7.06. The lowest BCUT2D eigenvalue weighted by atomic mass is 10.1. The summed E-state index contributed by atoms with van der Waals surface area (Å²) < 4.78 is 0. The zero-order valence-corrected chi connectivity index (χ0v) is 9.72. The first kappa shape index (κ1) is 13.0. The minimum absolute atomic E-state index is 0.102. The van der Waals surface area contributed by atoms with E-state index in [0.29, 0.717) is 6.54 Å². The average molecular weight is 236 g/mol. The summed E-state index contributed by atoms with van der Waals surface area (Å²) in [5.74, 6) is -0.944. The highest BCUT2D eigenvalue weighted by molar-refractivity contribution is 5.73. The Morgan fingerprint density at radius 2 is 1.88 bits per heavy atom. The topological polar surface area (TPSA) is 83.6 Å². The lowest BCUT2D eigenvalue weighted by Crippen LogP contribution is -2.36. The molecular formula is C12H16N2O3. The van der Waals surface area contributed by atoms with E-state index in [4.69, 9.17) is 10.8 Å². The Hall–Kier alpha value is -2.04. The summed E-state index contributed by atoms with van der Waals surface area (Å²) in [5, 5.41) is 8.57. The number of hydrogen-bond donors (Lipinski definition) is 2. The average Bonchev–Trinajstić information content (AvgIpc) is 2.26. The van der Waals surface area contributed by atoms with Crippen molar-refractivity contribution in [3.05, 3.63) is 35.4 Å². The van der Waals surface area contributed by atoms with Crippen molar-refractivity contribution >= 4 is 12.0 Å². The van der Waals surface area contributed by atoms with Gasteiger partial charge in [-0.1, -0.05) is 29.8 Å². The standard InChI is InChI=1S/C12H16N2O3/c1-9-2-4-10(5-3-9)8-14(12(13)17)7-6-11(15)16/h2-5H,6-8H2,1H3,(H2,13,17)(H,15,16). The van der Waals surface area contributed by atoms with Crippen LogP contribution in [-0.4, -0.2) is 28.6 Å². The maximum absolute atomic E-state index is 11.1. The van der Waals surface area contributed by atoms with E-state index in [0.717, 1.165) is 11.1 Å². The first-order chi connectivity index (χ1) is 7.99. The number of rotatable bonds is 5. The summed E-state index contributed by atoms with van der Waals surface area (Å²) >= 11 is 0. The molecule has 17 heavy (non-hydrogen) atoms. The van der Waals surface area contributed by atoms with Gasteiger partial charge in [-0.25, -0.2) is 4.79 Å². The fourth-order valence-corrected chi connectivity index (χ4v) is 1.41. The van der Waals surface area contributed by atoms with Crippen LogP contribution in [-0.2, 0) is 11.3 Å². The first-order valence-corrected chi connectivity index (χ1v) is 5.31. The molecule has 0 fully saturated rings. The number of benzene rings is 1. The molecule has 1 aromatic rings. The second-order valence-corrected chi connectivity index (χ2v) is 3.89. The van der Waals surface area contributed by atoms with Gasteiger partial charge in [-0.2, -0.15) is 0 Å². The second-order valence-electron chi connectivity index (χ2n) is 3.89. The summed E-state index contributed by atoms with van der Waals surface area (Å²) in [6.07, 6.45) is -0.102. The van der Waals surface area contributed by atoms with E-state index in [1.165, 1.54) is 4.90 Å². The first-order valence-electron chi connectivity index (χ1n) is 5.31. The molecule has 0 aliphatic carbocycles. The van der Waals surface area contributed by atoms with Crippen molar-refractivity contribution in [3.63, 3.8) is 0 Å². The molecule has 0 spiro atoms. The molecule has 0 saturated carbocycles. The SMILES string of the molecule is Cc1ccc(CN(CCC(=O)O)C(N)=O)cc1. The van der Waals surface area contributed by atoms with Gasteiger partial charge in [0.05, 0.1) is 6.42 Å². The molecule has 0 aliphatic heterocycles. The molecule has 1 rings (SSSR count). The number of nitrogens with two attached hydrogens (primary N) is 1. The third-order valence-electron chi connectivity index (χ3n) is 2.40. The summed E-state index contributed by atoms with van der Waals surface area (Å²) in [6.45, 7) is 2.43. The molecule has 0 unspecified atom stereocenters. The number of hydrogen-bond acceptors (Lipinski definition) is 2. The molecule has 0 radical (unpaired) electrons. The number of primary amides is 1. The molecule has 0 saturated heterocycles. The third-order valence-corrected chi connectivity index (χ3v) is 2.40. The van der Waals surface area contributed by atoms with Crippen LogP contribution in [0.3, 0.4) is 0 Å². The number of aryl methyl sites for hydroxylation is 1. The molecule has 2 amide bonds. The molecule has 3 N–H and O–H groups in total. The van der Waals surface area contributed by atoms with Crippen LogP contribution < -0.4 is 5.73 Å². The van der Waals surface area contributed by atoms with Gasteiger partial charge in [0.25, 0.3) is 0 Å². The highest BCUT2D eigenvalue weighted by atomic mass is 16.4. The van der Waals surface area contributed by atoms with Gasteiger partial charge in [0, 0.05) is 13.1 Å². The minimum Gasteiger partial charge on any atom is -0.481 e. The highest BCUT2D eigenvalue weighted by Crippen LogP contribution is 2.07. The Morgan fingerprint density at radius 3 is 2.35 bits per heavy atom. The van der Waals surface area contributed by atoms with Crippen LogP contribution in [0.2, 0.25) is 0 Å². The van der Waals surface area contributed by atoms with Crippen LogP contribution in [0.1, 0.15) is 17.5 Å². The number of carbonyl (C=O) groups excluding carboxylic acids is 1. The predicted molar refractivity (Wildman–Crippen MR) is 63.4 cm³/mol. The van der Waals surface area contributed by atoms with E-state index in [-0.39, 0.29) is 13.0 Å². The van der Waals surface area contributed by atoms with Gasteiger partial charge in [-0.15, -0.1) is 0 Å². The number of carboxylic acid groups (broad SMARTS) is 1. The van der Waals surface area contributed by atoms with Crippen molar-refractivity contribution in [2.45, 2.75) is 19.9 Å². The van der Waals surface area contributed by atoms with Gasteiger partial charge in [0.1, 0.15) is 0 Å². The lowest BCUT2D eigenvalue weighted by Gasteiger charge is -2.19. The number of carboxylic acids is 1. The second kappa shape index (κ2) is 5.89. The van der Waals surface area contributed by atoms with Crippen molar-refractivity contribution in [1.82, 2.24) is 4.90 Å². The Kier molecular flexibility index (Phi) is 4.51. The molecule has 0 aromatic heterocycles. The van der Waals surface area contributed by atoms with E-state index >= 15 is 0 Å². The molecule has 5 nitrogen and oxygen atoms in total. The van der Waals surface area contributed by atoms with E-state index < -0.39 is 12.0 Å². The van der Waals surface area contributed by atoms with Crippen LogP contribution in [0.5, 0.6) is 0 Å². The quantitative estimate of drug-likeness (QED) is 0.809. The molecule has 92 valence electrons. The molecule has 1 aromatic carbocycles. The molecule has 0 aliphatic rings. The maximum Gasteiger partial charge on any atom is 0.315 e. The number of aliphatic carboxylic acids is 1. The smallest absolute Gasteiger partial charge is 0.315 e. The third kappa shape index (κ3) is 4.55. The Morgan fingerprint density at radius 1 is 1.29 bits per heavy atom. The number of nitrogens with zero attached hydrogens (tertiary/aromatic N) is 1. The number of carbonyl (C=O) groups is 2. The van der Waals surface area contributed by atoms with Crippen LogP contribution >= 0.6 is 0 Å². The zero-order valence-electron chi connectivity index (χ0n) is 9.72. The minimum atomic E-state index is -0.944. The number of urea groups is 1. The maximum atomic E-state index is 11.1. The largest absolute Gasteiger partial charge is 0.481 e. The van der Waals surface area contributed by atoms with E-state index in [2.05, 4.69) is 0 Å². The highest BCUT2D eigenvalue weighted by Gasteiger charge is 2.11. The monoisotopic (exact) mass is 236 g/mol. The van der Waals surface area contributed by atoms with E-state index in [1.807, 2.05) is 31.2 Å². The van der Waals surface area contributed by atoms with Gasteiger partial charge < -0.3 is 15.7 Å². The zero-order chi connectivity index (χ0) is 12.8. The van der Waals surface area contributed by atoms with E-state index in [1.54, 1.807) is 0 Å². The lowest BCUT2D eigenvalue weighted by molar-refractivity contribution is -0.137. The molecular weight excluding hydrogens is 220 g/mol.